The Bertz CT molecular complexity index is 963. The van der Waals surface area contributed by atoms with Crippen molar-refractivity contribution >= 4 is 5.97 Å². The van der Waals surface area contributed by atoms with E-state index in [1.165, 1.54) is 5.56 Å². The summed E-state index contributed by atoms with van der Waals surface area (Å²) >= 11 is 0. The number of rotatable bonds is 3. The van der Waals surface area contributed by atoms with Crippen LogP contribution in [0, 0.1) is 0 Å². The number of benzene rings is 2. The van der Waals surface area contributed by atoms with Crippen molar-refractivity contribution in [1.29, 1.82) is 0 Å². The van der Waals surface area contributed by atoms with Crippen LogP contribution in [0.1, 0.15) is 50.4 Å². The van der Waals surface area contributed by atoms with Crippen molar-refractivity contribution in [3.63, 3.8) is 0 Å². The van der Waals surface area contributed by atoms with Crippen LogP contribution in [0.3, 0.4) is 0 Å². The van der Waals surface area contributed by atoms with Crippen molar-refractivity contribution < 1.29 is 14.6 Å². The SMILES string of the molecule is O=C(O)c1ccc2c(c1)[C@H]1O[C@H]2c2ccc(Cn3cccn3)cc21. The van der Waals surface area contributed by atoms with E-state index in [0.717, 1.165) is 22.3 Å². The Morgan fingerprint density at radius 2 is 1.83 bits per heavy atom. The molecule has 0 radical (unpaired) electrons. The average molecular weight is 318 g/mol. The smallest absolute Gasteiger partial charge is 0.335 e. The molecule has 3 heterocycles. The number of fused-ring (bicyclic) bond motifs is 8. The van der Waals surface area contributed by atoms with Crippen LogP contribution in [0.15, 0.2) is 54.9 Å². The van der Waals surface area contributed by atoms with Crippen LogP contribution in [0.25, 0.3) is 0 Å². The summed E-state index contributed by atoms with van der Waals surface area (Å²) in [5.41, 5.74) is 5.84. The van der Waals surface area contributed by atoms with Gasteiger partial charge in [0.15, 0.2) is 0 Å². The van der Waals surface area contributed by atoms with Crippen LogP contribution in [-0.4, -0.2) is 20.9 Å². The van der Waals surface area contributed by atoms with Gasteiger partial charge in [0.1, 0.15) is 12.2 Å². The first-order valence-electron chi connectivity index (χ1n) is 7.83. The number of nitrogens with zero attached hydrogens (tertiary/aromatic N) is 2. The Morgan fingerprint density at radius 1 is 1.08 bits per heavy atom. The van der Waals surface area contributed by atoms with E-state index in [1.807, 2.05) is 23.0 Å². The maximum absolute atomic E-state index is 11.2. The van der Waals surface area contributed by atoms with Crippen LogP contribution in [0.2, 0.25) is 0 Å². The van der Waals surface area contributed by atoms with Gasteiger partial charge in [-0.25, -0.2) is 4.79 Å². The van der Waals surface area contributed by atoms with Crippen molar-refractivity contribution in [3.8, 4) is 0 Å². The van der Waals surface area contributed by atoms with Gasteiger partial charge in [0, 0.05) is 12.4 Å². The van der Waals surface area contributed by atoms with E-state index in [0.29, 0.717) is 12.1 Å². The van der Waals surface area contributed by atoms with E-state index in [4.69, 9.17) is 4.74 Å². The van der Waals surface area contributed by atoms with E-state index in [9.17, 15) is 9.90 Å². The number of hydrogen-bond donors (Lipinski definition) is 1. The highest BCUT2D eigenvalue weighted by molar-refractivity contribution is 5.88. The number of aromatic carboxylic acids is 1. The molecule has 2 aliphatic rings. The lowest BCUT2D eigenvalue weighted by atomic mass is 9.84. The third-order valence-electron chi connectivity index (χ3n) is 4.79. The number of carboxylic acid groups (broad SMARTS) is 1. The zero-order valence-electron chi connectivity index (χ0n) is 12.7. The predicted molar refractivity (Wildman–Crippen MR) is 85.9 cm³/mol. The molecule has 0 unspecified atom stereocenters. The molecule has 2 bridgehead atoms. The summed E-state index contributed by atoms with van der Waals surface area (Å²) in [6.45, 7) is 0.708. The first-order valence-corrected chi connectivity index (χ1v) is 7.83. The molecule has 0 spiro atoms. The highest BCUT2D eigenvalue weighted by Gasteiger charge is 2.42. The summed E-state index contributed by atoms with van der Waals surface area (Å²) in [6, 6.07) is 13.6. The van der Waals surface area contributed by atoms with Gasteiger partial charge in [-0.2, -0.15) is 5.10 Å². The fourth-order valence-electron chi connectivity index (χ4n) is 3.71. The van der Waals surface area contributed by atoms with Crippen molar-refractivity contribution in [2.24, 2.45) is 0 Å². The molecular formula is C19H14N2O3. The molecule has 2 aromatic carbocycles. The van der Waals surface area contributed by atoms with Gasteiger partial charge < -0.3 is 9.84 Å². The van der Waals surface area contributed by atoms with Crippen LogP contribution < -0.4 is 0 Å². The molecule has 1 aromatic heterocycles. The minimum Gasteiger partial charge on any atom is -0.478 e. The second-order valence-electron chi connectivity index (χ2n) is 6.21. The molecule has 2 atom stereocenters. The van der Waals surface area contributed by atoms with Gasteiger partial charge in [0.25, 0.3) is 0 Å². The van der Waals surface area contributed by atoms with Crippen LogP contribution in [-0.2, 0) is 11.3 Å². The summed E-state index contributed by atoms with van der Waals surface area (Å²) in [7, 11) is 0. The lowest BCUT2D eigenvalue weighted by Gasteiger charge is -2.17. The molecule has 0 saturated carbocycles. The second kappa shape index (κ2) is 4.79. The molecule has 118 valence electrons. The maximum Gasteiger partial charge on any atom is 0.335 e. The Kier molecular flexibility index (Phi) is 2.69. The van der Waals surface area contributed by atoms with Crippen LogP contribution in [0.5, 0.6) is 0 Å². The minimum absolute atomic E-state index is 0.0819. The standard InChI is InChI=1S/C19H14N2O3/c22-19(23)12-3-5-14-16(9-12)18-15-8-11(10-21-7-1-6-20-21)2-4-13(15)17(14)24-18/h1-9,17-18H,10H2,(H,22,23)/t17-,18-/m0/s1. The molecule has 24 heavy (non-hydrogen) atoms. The molecule has 3 aromatic rings. The van der Waals surface area contributed by atoms with Crippen LogP contribution in [0.4, 0.5) is 0 Å². The highest BCUT2D eigenvalue weighted by atomic mass is 16.5. The van der Waals surface area contributed by atoms with Gasteiger partial charge >= 0.3 is 5.97 Å². The van der Waals surface area contributed by atoms with Gasteiger partial charge in [0.05, 0.1) is 12.1 Å². The molecule has 5 heteroatoms. The third-order valence-corrected chi connectivity index (χ3v) is 4.79. The van der Waals surface area contributed by atoms with Crippen molar-refractivity contribution in [2.75, 3.05) is 0 Å². The fourth-order valence-corrected chi connectivity index (χ4v) is 3.71. The number of ether oxygens (including phenoxy) is 1. The summed E-state index contributed by atoms with van der Waals surface area (Å²) in [5, 5.41) is 13.5. The predicted octanol–water partition coefficient (Wildman–Crippen LogP) is 3.15. The molecule has 0 fully saturated rings. The largest absolute Gasteiger partial charge is 0.478 e. The monoisotopic (exact) mass is 318 g/mol. The summed E-state index contributed by atoms with van der Waals surface area (Å²) in [5.74, 6) is -0.909. The first kappa shape index (κ1) is 13.5. The minimum atomic E-state index is -0.909. The third kappa shape index (κ3) is 1.85. The summed E-state index contributed by atoms with van der Waals surface area (Å²) < 4.78 is 8.00. The van der Waals surface area contributed by atoms with Crippen molar-refractivity contribution in [3.05, 3.63) is 88.2 Å². The molecule has 0 saturated heterocycles. The molecule has 2 aliphatic heterocycles. The van der Waals surface area contributed by atoms with Crippen molar-refractivity contribution in [1.82, 2.24) is 9.78 Å². The van der Waals surface area contributed by atoms with Gasteiger partial charge in [-0.1, -0.05) is 24.3 Å². The average Bonchev–Trinajstić information content (AvgIpc) is 3.29. The number of aromatic nitrogens is 2. The molecule has 0 amide bonds. The quantitative estimate of drug-likeness (QED) is 0.806. The zero-order chi connectivity index (χ0) is 16.3. The lowest BCUT2D eigenvalue weighted by Crippen LogP contribution is -2.07. The molecule has 1 N–H and O–H groups in total. The van der Waals surface area contributed by atoms with Gasteiger partial charge in [0.2, 0.25) is 0 Å². The van der Waals surface area contributed by atoms with Crippen molar-refractivity contribution in [2.45, 2.75) is 18.8 Å². The Balaban J connectivity index is 1.55. The summed E-state index contributed by atoms with van der Waals surface area (Å²) in [6.07, 6.45) is 3.45. The fraction of sp³-hybridized carbons (Fsp3) is 0.158. The maximum atomic E-state index is 11.2. The van der Waals surface area contributed by atoms with E-state index < -0.39 is 5.97 Å². The Hall–Kier alpha value is -2.92. The topological polar surface area (TPSA) is 64.3 Å². The summed E-state index contributed by atoms with van der Waals surface area (Å²) in [4.78, 5) is 11.2. The number of carboxylic acids is 1. The Morgan fingerprint density at radius 3 is 2.58 bits per heavy atom. The van der Waals surface area contributed by atoms with Crippen LogP contribution >= 0.6 is 0 Å². The van der Waals surface area contributed by atoms with Gasteiger partial charge in [-0.05, 0) is 46.0 Å². The van der Waals surface area contributed by atoms with E-state index >= 15 is 0 Å². The molecule has 5 rings (SSSR count). The van der Waals surface area contributed by atoms with E-state index in [-0.39, 0.29) is 12.2 Å². The van der Waals surface area contributed by atoms with Gasteiger partial charge in [-0.15, -0.1) is 0 Å². The normalized spacial score (nSPS) is 20.0. The first-order chi connectivity index (χ1) is 11.7. The highest BCUT2D eigenvalue weighted by Crippen LogP contribution is 2.54. The Labute approximate surface area is 138 Å². The van der Waals surface area contributed by atoms with E-state index in [1.54, 1.807) is 18.3 Å². The molecular weight excluding hydrogens is 304 g/mol. The lowest BCUT2D eigenvalue weighted by molar-refractivity contribution is 0.0696. The molecule has 0 aliphatic carbocycles. The van der Waals surface area contributed by atoms with E-state index in [2.05, 4.69) is 23.3 Å². The number of carbonyl (C=O) groups is 1. The second-order valence-corrected chi connectivity index (χ2v) is 6.21. The van der Waals surface area contributed by atoms with Gasteiger partial charge in [-0.3, -0.25) is 4.68 Å². The zero-order valence-corrected chi connectivity index (χ0v) is 12.7. The molecule has 5 nitrogen and oxygen atoms in total. The number of hydrogen-bond acceptors (Lipinski definition) is 3.